The number of carbonyl (C=O) groups is 1. The number of rotatable bonds is 5. The number of fused-ring (bicyclic) bond motifs is 2. The van der Waals surface area contributed by atoms with Gasteiger partial charge in [-0.3, -0.25) is 9.59 Å². The van der Waals surface area contributed by atoms with E-state index in [1.54, 1.807) is 12.4 Å². The minimum atomic E-state index is -0.348. The van der Waals surface area contributed by atoms with E-state index in [0.717, 1.165) is 18.5 Å². The fraction of sp³-hybridized carbons (Fsp3) is 0.261. The number of aryl methyl sites for hydroxylation is 1. The van der Waals surface area contributed by atoms with Crippen LogP contribution in [-0.4, -0.2) is 27.5 Å². The second-order valence-corrected chi connectivity index (χ2v) is 7.66. The van der Waals surface area contributed by atoms with E-state index in [1.807, 2.05) is 29.7 Å². The van der Waals surface area contributed by atoms with Crippen molar-refractivity contribution in [1.82, 2.24) is 14.9 Å². The average Bonchev–Trinajstić information content (AvgIpc) is 3.44. The summed E-state index contributed by atoms with van der Waals surface area (Å²) in [5, 5.41) is 6.79. The third-order valence-corrected chi connectivity index (χ3v) is 5.60. The van der Waals surface area contributed by atoms with E-state index in [-0.39, 0.29) is 29.0 Å². The number of carbonyl (C=O) groups excluding carboxylic acids is 1. The molecular weight excluding hydrogens is 364 g/mol. The maximum Gasteiger partial charge on any atom is 0.257 e. The first-order chi connectivity index (χ1) is 14.1. The largest absolute Gasteiger partial charge is 0.380 e. The molecule has 1 aromatic carbocycles. The Morgan fingerprint density at radius 3 is 2.59 bits per heavy atom. The van der Waals surface area contributed by atoms with Crippen LogP contribution in [0.1, 0.15) is 28.4 Å². The van der Waals surface area contributed by atoms with Gasteiger partial charge in [0, 0.05) is 18.8 Å². The molecule has 0 aliphatic heterocycles. The summed E-state index contributed by atoms with van der Waals surface area (Å²) in [4.78, 5) is 30.1. The zero-order chi connectivity index (χ0) is 20.0. The highest BCUT2D eigenvalue weighted by molar-refractivity contribution is 5.97. The van der Waals surface area contributed by atoms with Crippen LogP contribution in [0.4, 0.5) is 5.69 Å². The van der Waals surface area contributed by atoms with Crippen molar-refractivity contribution in [2.24, 2.45) is 0 Å². The Labute approximate surface area is 168 Å². The third kappa shape index (κ3) is 3.31. The molecule has 29 heavy (non-hydrogen) atoms. The molecule has 2 aliphatic carbocycles. The lowest BCUT2D eigenvalue weighted by molar-refractivity contribution is 0.0952. The summed E-state index contributed by atoms with van der Waals surface area (Å²) >= 11 is 0. The maximum atomic E-state index is 13.0. The molecule has 2 aromatic heterocycles. The van der Waals surface area contributed by atoms with Crippen molar-refractivity contribution in [3.63, 3.8) is 0 Å². The minimum Gasteiger partial charge on any atom is -0.380 e. The lowest BCUT2D eigenvalue weighted by atomic mass is 10.1. The molecule has 6 heteroatoms. The highest BCUT2D eigenvalue weighted by atomic mass is 16.2. The summed E-state index contributed by atoms with van der Waals surface area (Å²) in [6.07, 6.45) is 9.02. The van der Waals surface area contributed by atoms with Crippen LogP contribution in [0.3, 0.4) is 0 Å². The number of anilines is 1. The standard InChI is InChI=1S/C23H22N4O2/c1-2-27-13-20(23(29)26-16-7-8-16)21(28)19-11-18(12-24-22(19)27)25-17-9-14-5-3-4-6-15(14)10-17/h3-8,11-13,16-17,25H,2,9-10H2,1H3,(H,26,29). The number of nitrogens with one attached hydrogen (secondary N) is 2. The van der Waals surface area contributed by atoms with E-state index in [1.165, 1.54) is 11.1 Å². The number of benzene rings is 1. The fourth-order valence-corrected chi connectivity index (χ4v) is 4.03. The predicted octanol–water partition coefficient (Wildman–Crippen LogP) is 2.66. The van der Waals surface area contributed by atoms with Gasteiger partial charge in [0.25, 0.3) is 5.91 Å². The van der Waals surface area contributed by atoms with Gasteiger partial charge in [-0.1, -0.05) is 36.4 Å². The van der Waals surface area contributed by atoms with Gasteiger partial charge in [0.2, 0.25) is 5.43 Å². The van der Waals surface area contributed by atoms with E-state index in [4.69, 9.17) is 0 Å². The molecule has 2 aliphatic rings. The van der Waals surface area contributed by atoms with Crippen molar-refractivity contribution in [3.05, 3.63) is 81.8 Å². The quantitative estimate of drug-likeness (QED) is 0.661. The molecular formula is C23H22N4O2. The van der Waals surface area contributed by atoms with Crippen LogP contribution in [0.25, 0.3) is 11.0 Å². The Morgan fingerprint density at radius 1 is 1.21 bits per heavy atom. The summed E-state index contributed by atoms with van der Waals surface area (Å²) in [5.41, 5.74) is 3.99. The highest BCUT2D eigenvalue weighted by Gasteiger charge is 2.22. The number of pyridine rings is 2. The summed E-state index contributed by atoms with van der Waals surface area (Å²) in [7, 11) is 0. The van der Waals surface area contributed by atoms with Crippen molar-refractivity contribution in [3.8, 4) is 0 Å². The molecule has 1 amide bonds. The van der Waals surface area contributed by atoms with Gasteiger partial charge in [0.05, 0.1) is 23.3 Å². The van der Waals surface area contributed by atoms with Crippen molar-refractivity contribution in [1.29, 1.82) is 0 Å². The van der Waals surface area contributed by atoms with Crippen LogP contribution in [0, 0.1) is 0 Å². The zero-order valence-corrected chi connectivity index (χ0v) is 16.2. The monoisotopic (exact) mass is 386 g/mol. The first-order valence-electron chi connectivity index (χ1n) is 9.98. The smallest absolute Gasteiger partial charge is 0.257 e. The molecule has 0 saturated heterocycles. The molecule has 2 N–H and O–H groups in total. The number of hydrogen-bond acceptors (Lipinski definition) is 4. The Balaban J connectivity index is 1.48. The lowest BCUT2D eigenvalue weighted by Gasteiger charge is -2.15. The molecule has 0 saturated carbocycles. The van der Waals surface area contributed by atoms with Crippen LogP contribution in [-0.2, 0) is 19.4 Å². The normalized spacial score (nSPS) is 15.5. The maximum absolute atomic E-state index is 13.0. The molecule has 6 nitrogen and oxygen atoms in total. The van der Waals surface area contributed by atoms with Crippen LogP contribution in [0.15, 0.2) is 59.7 Å². The first-order valence-corrected chi connectivity index (χ1v) is 9.98. The van der Waals surface area contributed by atoms with Crippen molar-refractivity contribution in [2.75, 3.05) is 5.32 Å². The van der Waals surface area contributed by atoms with Gasteiger partial charge in [0.1, 0.15) is 11.2 Å². The number of nitrogens with zero attached hydrogens (tertiary/aromatic N) is 2. The van der Waals surface area contributed by atoms with Gasteiger partial charge in [-0.05, 0) is 37.0 Å². The van der Waals surface area contributed by atoms with Crippen molar-refractivity contribution < 1.29 is 4.79 Å². The summed E-state index contributed by atoms with van der Waals surface area (Å²) in [5.74, 6) is -0.348. The minimum absolute atomic E-state index is 0.0391. The SMILES string of the molecule is CCn1cc(C(=O)NC2C=C2)c(=O)c2cc(NC3Cc4ccccc4C3)cnc21. The van der Waals surface area contributed by atoms with Gasteiger partial charge >= 0.3 is 0 Å². The van der Waals surface area contributed by atoms with Crippen LogP contribution in [0.5, 0.6) is 0 Å². The molecule has 0 fully saturated rings. The number of aromatic nitrogens is 2. The lowest BCUT2D eigenvalue weighted by Crippen LogP contribution is -2.32. The van der Waals surface area contributed by atoms with E-state index in [2.05, 4.69) is 39.9 Å². The fourth-order valence-electron chi connectivity index (χ4n) is 4.03. The Morgan fingerprint density at radius 2 is 1.93 bits per heavy atom. The first kappa shape index (κ1) is 17.7. The van der Waals surface area contributed by atoms with E-state index >= 15 is 0 Å². The summed E-state index contributed by atoms with van der Waals surface area (Å²) in [6, 6.07) is 10.5. The van der Waals surface area contributed by atoms with Gasteiger partial charge in [-0.15, -0.1) is 0 Å². The van der Waals surface area contributed by atoms with Crippen LogP contribution in [0.2, 0.25) is 0 Å². The molecule has 0 radical (unpaired) electrons. The third-order valence-electron chi connectivity index (χ3n) is 5.60. The second-order valence-electron chi connectivity index (χ2n) is 7.66. The number of amides is 1. The molecule has 5 rings (SSSR count). The van der Waals surface area contributed by atoms with Crippen LogP contribution < -0.4 is 16.1 Å². The Bertz CT molecular complexity index is 1180. The van der Waals surface area contributed by atoms with E-state index in [0.29, 0.717) is 17.6 Å². The zero-order valence-electron chi connectivity index (χ0n) is 16.2. The Hall–Kier alpha value is -3.41. The molecule has 2 heterocycles. The highest BCUT2D eigenvalue weighted by Crippen LogP contribution is 2.25. The second kappa shape index (κ2) is 6.88. The molecule has 3 aromatic rings. The predicted molar refractivity (Wildman–Crippen MR) is 113 cm³/mol. The van der Waals surface area contributed by atoms with Crippen molar-refractivity contribution in [2.45, 2.75) is 38.4 Å². The van der Waals surface area contributed by atoms with Gasteiger partial charge < -0.3 is 15.2 Å². The van der Waals surface area contributed by atoms with E-state index in [9.17, 15) is 9.59 Å². The van der Waals surface area contributed by atoms with E-state index < -0.39 is 0 Å². The summed E-state index contributed by atoms with van der Waals surface area (Å²) in [6.45, 7) is 2.59. The Kier molecular flexibility index (Phi) is 4.19. The van der Waals surface area contributed by atoms with Gasteiger partial charge in [0.15, 0.2) is 0 Å². The van der Waals surface area contributed by atoms with Crippen molar-refractivity contribution >= 4 is 22.6 Å². The molecule has 0 spiro atoms. The topological polar surface area (TPSA) is 76.0 Å². The number of hydrogen-bond donors (Lipinski definition) is 2. The molecule has 0 unspecified atom stereocenters. The molecule has 146 valence electrons. The van der Waals surface area contributed by atoms with Crippen LogP contribution >= 0.6 is 0 Å². The van der Waals surface area contributed by atoms with Gasteiger partial charge in [-0.25, -0.2) is 4.98 Å². The molecule has 0 bridgehead atoms. The average molecular weight is 386 g/mol. The summed E-state index contributed by atoms with van der Waals surface area (Å²) < 4.78 is 1.85. The van der Waals surface area contributed by atoms with Gasteiger partial charge in [-0.2, -0.15) is 0 Å². The molecule has 0 atom stereocenters.